The maximum absolute atomic E-state index is 6.24. The highest BCUT2D eigenvalue weighted by molar-refractivity contribution is 7.80. The smallest absolute Gasteiger partial charge is 0.207 e. The Morgan fingerprint density at radius 2 is 1.23 bits per heavy atom. The van der Waals surface area contributed by atoms with E-state index in [0.29, 0.717) is 55.3 Å². The molecule has 0 bridgehead atoms. The Labute approximate surface area is 286 Å². The lowest BCUT2D eigenvalue weighted by Crippen LogP contribution is -2.32. The molecule has 5 rings (SSSR count). The second kappa shape index (κ2) is 16.3. The van der Waals surface area contributed by atoms with Crippen LogP contribution in [0.2, 0.25) is 20.1 Å². The van der Waals surface area contributed by atoms with Crippen molar-refractivity contribution in [2.45, 2.75) is 25.7 Å². The Bertz CT molecular complexity index is 1640. The maximum Gasteiger partial charge on any atom is 0.207 e. The molecule has 8 nitrogen and oxygen atoms in total. The van der Waals surface area contributed by atoms with Crippen LogP contribution in [0.5, 0.6) is 0 Å². The molecule has 14 heteroatoms. The van der Waals surface area contributed by atoms with Gasteiger partial charge in [-0.15, -0.1) is 0 Å². The third-order valence-electron chi connectivity index (χ3n) is 6.47. The Hall–Kier alpha value is -3.12. The molecule has 2 unspecified atom stereocenters. The number of anilines is 2. The number of hydrogen-bond donors (Lipinski definition) is 6. The monoisotopic (exact) mass is 706 g/mol. The number of fused-ring (bicyclic) bond motifs is 1. The number of benzene rings is 3. The fourth-order valence-corrected chi connectivity index (χ4v) is 6.21. The first-order valence-corrected chi connectivity index (χ1v) is 15.9. The predicted octanol–water partition coefficient (Wildman–Crippen LogP) is 8.77. The van der Waals surface area contributed by atoms with E-state index in [1.807, 2.05) is 74.5 Å². The molecule has 2 aromatic heterocycles. The fraction of sp³-hybridized carbons (Fsp3) is 0.200. The van der Waals surface area contributed by atoms with Gasteiger partial charge in [-0.25, -0.2) is 9.97 Å². The van der Waals surface area contributed by atoms with Gasteiger partial charge in [-0.05, 0) is 72.0 Å². The van der Waals surface area contributed by atoms with Gasteiger partial charge >= 0.3 is 0 Å². The van der Waals surface area contributed by atoms with E-state index < -0.39 is 0 Å². The van der Waals surface area contributed by atoms with E-state index >= 15 is 0 Å². The molecular weight excluding hydrogens is 678 g/mol. The molecule has 0 aliphatic rings. The van der Waals surface area contributed by atoms with Gasteiger partial charge < -0.3 is 31.2 Å². The first-order chi connectivity index (χ1) is 21.1. The van der Waals surface area contributed by atoms with Crippen molar-refractivity contribution in [2.24, 2.45) is 0 Å². The largest absolute Gasteiger partial charge is 0.362 e. The number of nitrogens with one attached hydrogen (secondary N) is 6. The van der Waals surface area contributed by atoms with Crippen LogP contribution in [-0.2, 0) is 0 Å². The summed E-state index contributed by atoms with van der Waals surface area (Å²) in [7, 11) is 0. The number of imidazole rings is 2. The summed E-state index contributed by atoms with van der Waals surface area (Å²) < 4.78 is 0. The number of hydrogen-bond acceptors (Lipinski definition) is 4. The van der Waals surface area contributed by atoms with Crippen LogP contribution in [0.4, 0.5) is 11.9 Å². The van der Waals surface area contributed by atoms with Crippen LogP contribution < -0.4 is 21.3 Å². The van der Waals surface area contributed by atoms with Gasteiger partial charge in [-0.1, -0.05) is 84.5 Å². The molecule has 230 valence electrons. The second-order valence-electron chi connectivity index (χ2n) is 9.78. The Balaban J connectivity index is 0.000000204. The molecule has 0 saturated carbocycles. The average molecular weight is 709 g/mol. The second-order valence-corrected chi connectivity index (χ2v) is 12.2. The van der Waals surface area contributed by atoms with Crippen molar-refractivity contribution in [1.29, 1.82) is 0 Å². The molecule has 0 spiro atoms. The topological polar surface area (TPSA) is 105 Å². The first kappa shape index (κ1) is 33.8. The van der Waals surface area contributed by atoms with E-state index in [4.69, 9.17) is 70.8 Å². The highest BCUT2D eigenvalue weighted by atomic mass is 35.5. The van der Waals surface area contributed by atoms with Crippen molar-refractivity contribution in [1.82, 2.24) is 30.6 Å². The normalized spacial score (nSPS) is 12.0. The van der Waals surface area contributed by atoms with Crippen molar-refractivity contribution in [3.05, 3.63) is 104 Å². The van der Waals surface area contributed by atoms with Gasteiger partial charge in [-0.2, -0.15) is 0 Å². The molecular formula is C30H30Cl4N8S2. The van der Waals surface area contributed by atoms with Gasteiger partial charge in [0.05, 0.1) is 11.0 Å². The molecule has 0 radical (unpaired) electrons. The minimum Gasteiger partial charge on any atom is -0.362 e. The molecule has 0 aliphatic carbocycles. The lowest BCUT2D eigenvalue weighted by Gasteiger charge is -2.17. The van der Waals surface area contributed by atoms with Gasteiger partial charge in [0.15, 0.2) is 10.2 Å². The lowest BCUT2D eigenvalue weighted by molar-refractivity contribution is 0.723. The van der Waals surface area contributed by atoms with E-state index in [1.54, 1.807) is 12.4 Å². The number of aromatic amines is 2. The van der Waals surface area contributed by atoms with Crippen LogP contribution in [0.3, 0.4) is 0 Å². The molecule has 2 heterocycles. The summed E-state index contributed by atoms with van der Waals surface area (Å²) in [6.45, 7) is 5.31. The van der Waals surface area contributed by atoms with Crippen molar-refractivity contribution >= 4 is 104 Å². The summed E-state index contributed by atoms with van der Waals surface area (Å²) in [5.41, 5.74) is 3.68. The van der Waals surface area contributed by atoms with E-state index in [0.717, 1.165) is 22.2 Å². The zero-order valence-corrected chi connectivity index (χ0v) is 28.4. The lowest BCUT2D eigenvalue weighted by atomic mass is 10.0. The third kappa shape index (κ3) is 9.44. The minimum absolute atomic E-state index is 0.113. The van der Waals surface area contributed by atoms with E-state index in [1.165, 1.54) is 0 Å². The van der Waals surface area contributed by atoms with Gasteiger partial charge in [0.1, 0.15) is 0 Å². The standard InChI is InChI=1S/C17H16Cl2N4S.C13H14Cl2N4S/c1-10(15-11(18)5-4-6-12(15)19)9-20-17(24)23-16-21-13-7-2-3-8-14(13)22-16;1-8(11-9(14)3-2-4-10(11)15)7-18-13(20)19-12-16-5-6-17-12/h2-8,10H,9H2,1H3,(H3,20,21,22,23,24);2-6,8H,7H2,1H3,(H3,16,17,18,19,20). The number of rotatable bonds is 8. The number of nitrogens with zero attached hydrogens (tertiary/aromatic N) is 2. The van der Waals surface area contributed by atoms with E-state index in [-0.39, 0.29) is 11.8 Å². The van der Waals surface area contributed by atoms with Crippen LogP contribution in [-0.4, -0.2) is 43.3 Å². The number of thiocarbonyl (C=S) groups is 2. The summed E-state index contributed by atoms with van der Waals surface area (Å²) in [6.07, 6.45) is 3.37. The number of aromatic nitrogens is 4. The van der Waals surface area contributed by atoms with Crippen LogP contribution in [0.25, 0.3) is 11.0 Å². The van der Waals surface area contributed by atoms with Crippen molar-refractivity contribution in [3.8, 4) is 0 Å². The van der Waals surface area contributed by atoms with Crippen molar-refractivity contribution in [3.63, 3.8) is 0 Å². The SMILES string of the molecule is CC(CNC(=S)Nc1nc2ccccc2[nH]1)c1c(Cl)cccc1Cl.CC(CNC(=S)Nc1ncc[nH]1)c1c(Cl)cccc1Cl. The van der Waals surface area contributed by atoms with Gasteiger partial charge in [0.25, 0.3) is 0 Å². The highest BCUT2D eigenvalue weighted by Gasteiger charge is 2.15. The number of para-hydroxylation sites is 2. The Kier molecular flexibility index (Phi) is 12.5. The molecule has 6 N–H and O–H groups in total. The summed E-state index contributed by atoms with van der Waals surface area (Å²) in [4.78, 5) is 14.5. The highest BCUT2D eigenvalue weighted by Crippen LogP contribution is 2.32. The molecule has 0 fully saturated rings. The number of H-pyrrole nitrogens is 2. The van der Waals surface area contributed by atoms with Gasteiger partial charge in [0, 0.05) is 57.4 Å². The van der Waals surface area contributed by atoms with Crippen LogP contribution in [0.1, 0.15) is 36.8 Å². The van der Waals surface area contributed by atoms with Crippen LogP contribution >= 0.6 is 70.8 Å². The quantitative estimate of drug-likeness (QED) is 0.0890. The third-order valence-corrected chi connectivity index (χ3v) is 8.29. The van der Waals surface area contributed by atoms with E-state index in [2.05, 4.69) is 41.2 Å². The maximum atomic E-state index is 6.24. The van der Waals surface area contributed by atoms with Crippen molar-refractivity contribution < 1.29 is 0 Å². The summed E-state index contributed by atoms with van der Waals surface area (Å²) >= 11 is 35.4. The first-order valence-electron chi connectivity index (χ1n) is 13.5. The zero-order chi connectivity index (χ0) is 31.6. The van der Waals surface area contributed by atoms with Gasteiger partial charge in [-0.3, -0.25) is 0 Å². The molecule has 0 amide bonds. The van der Waals surface area contributed by atoms with Crippen LogP contribution in [0.15, 0.2) is 73.1 Å². The van der Waals surface area contributed by atoms with Gasteiger partial charge in [0.2, 0.25) is 11.9 Å². The summed E-state index contributed by atoms with van der Waals surface area (Å²) in [5, 5.41) is 15.9. The number of halogens is 4. The molecule has 0 saturated heterocycles. The fourth-order valence-electron chi connectivity index (χ4n) is 4.31. The molecule has 5 aromatic rings. The molecule has 0 aliphatic heterocycles. The minimum atomic E-state index is 0.113. The van der Waals surface area contributed by atoms with Crippen LogP contribution in [0, 0.1) is 0 Å². The summed E-state index contributed by atoms with van der Waals surface area (Å²) in [6, 6.07) is 18.8. The Morgan fingerprint density at radius 3 is 1.70 bits per heavy atom. The predicted molar refractivity (Wildman–Crippen MR) is 193 cm³/mol. The summed E-state index contributed by atoms with van der Waals surface area (Å²) in [5.74, 6) is 1.46. The average Bonchev–Trinajstić information content (AvgIpc) is 3.64. The van der Waals surface area contributed by atoms with Crippen molar-refractivity contribution in [2.75, 3.05) is 23.7 Å². The molecule has 2 atom stereocenters. The molecule has 44 heavy (non-hydrogen) atoms. The zero-order valence-electron chi connectivity index (χ0n) is 23.7. The molecule has 3 aromatic carbocycles. The van der Waals surface area contributed by atoms with E-state index in [9.17, 15) is 0 Å². The Morgan fingerprint density at radius 1 is 0.727 bits per heavy atom.